The van der Waals surface area contributed by atoms with Gasteiger partial charge in [0.1, 0.15) is 11.4 Å². The van der Waals surface area contributed by atoms with Crippen molar-refractivity contribution >= 4 is 6.03 Å². The zero-order valence-electron chi connectivity index (χ0n) is 14.4. The number of hydrogen-bond donors (Lipinski definition) is 3. The number of unbranched alkanes of at least 4 members (excludes halogenated alkanes) is 1. The molecular formula is C18H28FN3O2. The SMILES string of the molecule is CC(O)(CNC(=O)NCCCCN1CCCC1)c1ccc(F)cc1. The maximum absolute atomic E-state index is 12.9. The fourth-order valence-electron chi connectivity index (χ4n) is 2.89. The molecule has 24 heavy (non-hydrogen) atoms. The van der Waals surface area contributed by atoms with Gasteiger partial charge in [0.05, 0.1) is 6.54 Å². The van der Waals surface area contributed by atoms with Crippen LogP contribution in [-0.2, 0) is 5.60 Å². The molecule has 1 fully saturated rings. The van der Waals surface area contributed by atoms with E-state index in [4.69, 9.17) is 0 Å². The van der Waals surface area contributed by atoms with E-state index >= 15 is 0 Å². The molecule has 2 rings (SSSR count). The van der Waals surface area contributed by atoms with Crippen molar-refractivity contribution in [1.29, 1.82) is 0 Å². The van der Waals surface area contributed by atoms with Gasteiger partial charge < -0.3 is 20.6 Å². The van der Waals surface area contributed by atoms with Crippen molar-refractivity contribution in [2.45, 2.75) is 38.2 Å². The number of aliphatic hydroxyl groups is 1. The van der Waals surface area contributed by atoms with Crippen LogP contribution in [0.3, 0.4) is 0 Å². The number of benzene rings is 1. The van der Waals surface area contributed by atoms with E-state index in [-0.39, 0.29) is 18.4 Å². The predicted octanol–water partition coefficient (Wildman–Crippen LogP) is 2.21. The number of hydrogen-bond acceptors (Lipinski definition) is 3. The molecule has 0 bridgehead atoms. The first-order chi connectivity index (χ1) is 11.5. The van der Waals surface area contributed by atoms with Crippen molar-refractivity contribution in [3.63, 3.8) is 0 Å². The average molecular weight is 337 g/mol. The second-order valence-electron chi connectivity index (χ2n) is 6.65. The summed E-state index contributed by atoms with van der Waals surface area (Å²) in [5.41, 5.74) is -0.671. The van der Waals surface area contributed by atoms with Gasteiger partial charge in [-0.25, -0.2) is 9.18 Å². The van der Waals surface area contributed by atoms with Gasteiger partial charge in [0, 0.05) is 6.54 Å². The van der Waals surface area contributed by atoms with Crippen LogP contribution in [0.1, 0.15) is 38.2 Å². The van der Waals surface area contributed by atoms with Crippen LogP contribution >= 0.6 is 0 Å². The van der Waals surface area contributed by atoms with E-state index in [1.54, 1.807) is 6.92 Å². The lowest BCUT2D eigenvalue weighted by Gasteiger charge is -2.24. The van der Waals surface area contributed by atoms with Crippen molar-refractivity contribution in [3.8, 4) is 0 Å². The molecule has 0 aromatic heterocycles. The maximum Gasteiger partial charge on any atom is 0.314 e. The van der Waals surface area contributed by atoms with E-state index in [0.29, 0.717) is 12.1 Å². The quantitative estimate of drug-likeness (QED) is 0.637. The summed E-state index contributed by atoms with van der Waals surface area (Å²) >= 11 is 0. The standard InChI is InChI=1S/C18H28FN3O2/c1-18(24,15-6-8-16(19)9-7-15)14-21-17(23)20-10-2-3-11-22-12-4-5-13-22/h6-9,24H,2-5,10-14H2,1H3,(H2,20,21,23). The fourth-order valence-corrected chi connectivity index (χ4v) is 2.89. The smallest absolute Gasteiger partial charge is 0.314 e. The van der Waals surface area contributed by atoms with Gasteiger partial charge in [0.2, 0.25) is 0 Å². The van der Waals surface area contributed by atoms with Crippen LogP contribution in [0.5, 0.6) is 0 Å². The number of urea groups is 1. The van der Waals surface area contributed by atoms with Crippen LogP contribution in [0.2, 0.25) is 0 Å². The monoisotopic (exact) mass is 337 g/mol. The summed E-state index contributed by atoms with van der Waals surface area (Å²) in [6, 6.07) is 5.34. The number of halogens is 1. The Labute approximate surface area is 143 Å². The lowest BCUT2D eigenvalue weighted by molar-refractivity contribution is 0.0593. The molecule has 0 aliphatic carbocycles. The number of rotatable bonds is 8. The Morgan fingerprint density at radius 2 is 1.88 bits per heavy atom. The third-order valence-corrected chi connectivity index (χ3v) is 4.44. The molecule has 1 aliphatic heterocycles. The summed E-state index contributed by atoms with van der Waals surface area (Å²) in [7, 11) is 0. The van der Waals surface area contributed by atoms with Crippen LogP contribution < -0.4 is 10.6 Å². The summed E-state index contributed by atoms with van der Waals surface area (Å²) in [5.74, 6) is -0.353. The fraction of sp³-hybridized carbons (Fsp3) is 0.611. The molecule has 1 aromatic carbocycles. The van der Waals surface area contributed by atoms with E-state index in [9.17, 15) is 14.3 Å². The van der Waals surface area contributed by atoms with Gasteiger partial charge in [-0.1, -0.05) is 12.1 Å². The second-order valence-corrected chi connectivity index (χ2v) is 6.65. The first-order valence-corrected chi connectivity index (χ1v) is 8.70. The largest absolute Gasteiger partial charge is 0.384 e. The summed E-state index contributed by atoms with van der Waals surface area (Å²) in [4.78, 5) is 14.2. The van der Waals surface area contributed by atoms with Crippen molar-refractivity contribution in [1.82, 2.24) is 15.5 Å². The molecule has 1 saturated heterocycles. The average Bonchev–Trinajstić information content (AvgIpc) is 3.06. The Bertz CT molecular complexity index is 514. The molecule has 0 spiro atoms. The highest BCUT2D eigenvalue weighted by Crippen LogP contribution is 2.19. The molecule has 1 aromatic rings. The van der Waals surface area contributed by atoms with Gasteiger partial charge in [-0.05, 0) is 69.9 Å². The van der Waals surface area contributed by atoms with E-state index in [1.807, 2.05) is 0 Å². The highest BCUT2D eigenvalue weighted by molar-refractivity contribution is 5.73. The zero-order valence-corrected chi connectivity index (χ0v) is 14.4. The van der Waals surface area contributed by atoms with Crippen molar-refractivity contribution in [2.75, 3.05) is 32.7 Å². The van der Waals surface area contributed by atoms with Gasteiger partial charge in [-0.3, -0.25) is 0 Å². The second kappa shape index (κ2) is 8.99. The summed E-state index contributed by atoms with van der Waals surface area (Å²) < 4.78 is 12.9. The molecule has 1 aliphatic rings. The molecule has 2 amide bonds. The highest BCUT2D eigenvalue weighted by Gasteiger charge is 2.23. The van der Waals surface area contributed by atoms with Crippen LogP contribution in [0.25, 0.3) is 0 Å². The lowest BCUT2D eigenvalue weighted by atomic mass is 9.96. The molecule has 3 N–H and O–H groups in total. The van der Waals surface area contributed by atoms with E-state index in [2.05, 4.69) is 15.5 Å². The molecular weight excluding hydrogens is 309 g/mol. The number of carbonyl (C=O) groups excluding carboxylic acids is 1. The van der Waals surface area contributed by atoms with Gasteiger partial charge in [0.15, 0.2) is 0 Å². The first kappa shape index (κ1) is 18.7. The first-order valence-electron chi connectivity index (χ1n) is 8.70. The molecule has 1 unspecified atom stereocenters. The predicted molar refractivity (Wildman–Crippen MR) is 92.3 cm³/mol. The van der Waals surface area contributed by atoms with Gasteiger partial charge in [0.25, 0.3) is 0 Å². The van der Waals surface area contributed by atoms with Crippen molar-refractivity contribution in [3.05, 3.63) is 35.6 Å². The molecule has 0 radical (unpaired) electrons. The summed E-state index contributed by atoms with van der Waals surface area (Å²) in [5, 5.41) is 15.9. The minimum Gasteiger partial charge on any atom is -0.384 e. The Hall–Kier alpha value is -1.66. The third-order valence-electron chi connectivity index (χ3n) is 4.44. The summed E-state index contributed by atoms with van der Waals surface area (Å²) in [6.07, 6.45) is 4.62. The molecule has 134 valence electrons. The Kier molecular flexibility index (Phi) is 6.99. The van der Waals surface area contributed by atoms with Crippen molar-refractivity contribution in [2.24, 2.45) is 0 Å². The van der Waals surface area contributed by atoms with E-state index in [0.717, 1.165) is 19.4 Å². The lowest BCUT2D eigenvalue weighted by Crippen LogP contribution is -2.43. The van der Waals surface area contributed by atoms with Crippen LogP contribution in [0.4, 0.5) is 9.18 Å². The summed E-state index contributed by atoms with van der Waals surface area (Å²) in [6.45, 7) is 5.79. The van der Waals surface area contributed by atoms with Crippen LogP contribution in [0.15, 0.2) is 24.3 Å². The van der Waals surface area contributed by atoms with Crippen LogP contribution in [0, 0.1) is 5.82 Å². The molecule has 1 atom stereocenters. The van der Waals surface area contributed by atoms with Crippen molar-refractivity contribution < 1.29 is 14.3 Å². The Morgan fingerprint density at radius 1 is 1.21 bits per heavy atom. The number of nitrogens with one attached hydrogen (secondary N) is 2. The number of likely N-dealkylation sites (tertiary alicyclic amines) is 1. The number of carbonyl (C=O) groups is 1. The minimum atomic E-state index is -1.24. The molecule has 6 heteroatoms. The third kappa shape index (κ3) is 6.09. The highest BCUT2D eigenvalue weighted by atomic mass is 19.1. The zero-order chi connectivity index (χ0) is 17.4. The minimum absolute atomic E-state index is 0.0677. The van der Waals surface area contributed by atoms with Gasteiger partial charge in [-0.2, -0.15) is 0 Å². The Morgan fingerprint density at radius 3 is 2.54 bits per heavy atom. The molecule has 5 nitrogen and oxygen atoms in total. The molecule has 0 saturated carbocycles. The normalized spacial score (nSPS) is 17.5. The number of nitrogens with zero attached hydrogens (tertiary/aromatic N) is 1. The van der Waals surface area contributed by atoms with E-state index in [1.165, 1.54) is 50.2 Å². The van der Waals surface area contributed by atoms with Crippen LogP contribution in [-0.4, -0.2) is 48.8 Å². The maximum atomic E-state index is 12.9. The number of amides is 2. The van der Waals surface area contributed by atoms with Gasteiger partial charge >= 0.3 is 6.03 Å². The van der Waals surface area contributed by atoms with E-state index < -0.39 is 5.60 Å². The Balaban J connectivity index is 1.60. The topological polar surface area (TPSA) is 64.6 Å². The van der Waals surface area contributed by atoms with Gasteiger partial charge in [-0.15, -0.1) is 0 Å². The molecule has 1 heterocycles.